The molecule has 0 aliphatic carbocycles. The van der Waals surface area contributed by atoms with Crippen LogP contribution in [0, 0.1) is 6.92 Å². The van der Waals surface area contributed by atoms with Crippen LogP contribution in [0.2, 0.25) is 0 Å². The first kappa shape index (κ1) is 17.5. The van der Waals surface area contributed by atoms with Crippen LogP contribution in [-0.2, 0) is 21.2 Å². The van der Waals surface area contributed by atoms with Crippen LogP contribution in [0.1, 0.15) is 30.9 Å². The number of amides is 1. The Bertz CT molecular complexity index is 889. The van der Waals surface area contributed by atoms with E-state index in [0.717, 1.165) is 23.2 Å². The number of benzene rings is 2. The monoisotopic (exact) mass is 358 g/mol. The molecule has 0 fully saturated rings. The van der Waals surface area contributed by atoms with Gasteiger partial charge in [-0.3, -0.25) is 9.52 Å². The molecule has 2 aromatic carbocycles. The number of hydrogen-bond donors (Lipinski definition) is 1. The molecule has 1 aliphatic rings. The van der Waals surface area contributed by atoms with Crippen LogP contribution in [0.25, 0.3) is 0 Å². The molecule has 1 aliphatic heterocycles. The predicted octanol–water partition coefficient (Wildman–Crippen LogP) is 3.49. The van der Waals surface area contributed by atoms with Crippen molar-refractivity contribution in [1.29, 1.82) is 0 Å². The van der Waals surface area contributed by atoms with Crippen LogP contribution < -0.4 is 9.62 Å². The van der Waals surface area contributed by atoms with Gasteiger partial charge < -0.3 is 4.90 Å². The summed E-state index contributed by atoms with van der Waals surface area (Å²) >= 11 is 0. The van der Waals surface area contributed by atoms with E-state index >= 15 is 0 Å². The molecule has 0 saturated carbocycles. The molecule has 0 aromatic heterocycles. The highest BCUT2D eigenvalue weighted by atomic mass is 32.2. The SMILES string of the molecule is CCCN1C(=O)CCc2cc(NS(=O)(=O)c3ccc(C)cc3)ccc21. The van der Waals surface area contributed by atoms with E-state index < -0.39 is 10.0 Å². The van der Waals surface area contributed by atoms with E-state index in [2.05, 4.69) is 4.72 Å². The van der Waals surface area contributed by atoms with Gasteiger partial charge >= 0.3 is 0 Å². The van der Waals surface area contributed by atoms with Gasteiger partial charge in [-0.1, -0.05) is 24.6 Å². The zero-order chi connectivity index (χ0) is 18.0. The number of carbonyl (C=O) groups is 1. The van der Waals surface area contributed by atoms with Crippen molar-refractivity contribution in [1.82, 2.24) is 0 Å². The molecule has 0 saturated heterocycles. The van der Waals surface area contributed by atoms with Gasteiger partial charge in [-0.2, -0.15) is 0 Å². The molecule has 25 heavy (non-hydrogen) atoms. The Morgan fingerprint density at radius 1 is 1.08 bits per heavy atom. The van der Waals surface area contributed by atoms with Crippen LogP contribution in [0.3, 0.4) is 0 Å². The Morgan fingerprint density at radius 2 is 1.80 bits per heavy atom. The lowest BCUT2D eigenvalue weighted by molar-refractivity contribution is -0.118. The summed E-state index contributed by atoms with van der Waals surface area (Å²) in [5, 5.41) is 0. The van der Waals surface area contributed by atoms with Crippen LogP contribution in [0.5, 0.6) is 0 Å². The van der Waals surface area contributed by atoms with Crippen molar-refractivity contribution in [2.45, 2.75) is 38.0 Å². The first-order valence-electron chi connectivity index (χ1n) is 8.43. The number of anilines is 2. The Labute approximate surface area is 148 Å². The summed E-state index contributed by atoms with van der Waals surface area (Å²) in [5.74, 6) is 0.127. The normalized spacial score (nSPS) is 14.3. The fourth-order valence-corrected chi connectivity index (χ4v) is 4.07. The third-order valence-electron chi connectivity index (χ3n) is 4.31. The lowest BCUT2D eigenvalue weighted by Gasteiger charge is -2.29. The smallest absolute Gasteiger partial charge is 0.261 e. The predicted molar refractivity (Wildman–Crippen MR) is 99.4 cm³/mol. The maximum atomic E-state index is 12.5. The quantitative estimate of drug-likeness (QED) is 0.890. The van der Waals surface area contributed by atoms with E-state index in [9.17, 15) is 13.2 Å². The minimum absolute atomic E-state index is 0.127. The summed E-state index contributed by atoms with van der Waals surface area (Å²) in [6.45, 7) is 4.63. The molecule has 2 aromatic rings. The second-order valence-electron chi connectivity index (χ2n) is 6.31. The molecule has 0 atom stereocenters. The highest BCUT2D eigenvalue weighted by Gasteiger charge is 2.24. The average molecular weight is 358 g/mol. The molecule has 1 heterocycles. The second kappa shape index (κ2) is 6.88. The van der Waals surface area contributed by atoms with Crippen molar-refractivity contribution >= 4 is 27.3 Å². The molecular formula is C19H22N2O3S. The van der Waals surface area contributed by atoms with Gasteiger partial charge in [0.25, 0.3) is 10.0 Å². The fraction of sp³-hybridized carbons (Fsp3) is 0.316. The summed E-state index contributed by atoms with van der Waals surface area (Å²) in [4.78, 5) is 14.1. The van der Waals surface area contributed by atoms with E-state index in [1.165, 1.54) is 0 Å². The van der Waals surface area contributed by atoms with E-state index in [1.54, 1.807) is 35.2 Å². The molecule has 3 rings (SSSR count). The minimum atomic E-state index is -3.62. The van der Waals surface area contributed by atoms with Gasteiger partial charge in [-0.15, -0.1) is 0 Å². The molecule has 0 radical (unpaired) electrons. The van der Waals surface area contributed by atoms with Crippen molar-refractivity contribution in [3.05, 3.63) is 53.6 Å². The van der Waals surface area contributed by atoms with Crippen molar-refractivity contribution < 1.29 is 13.2 Å². The lowest BCUT2D eigenvalue weighted by atomic mass is 10.0. The van der Waals surface area contributed by atoms with Crippen LogP contribution in [0.4, 0.5) is 11.4 Å². The van der Waals surface area contributed by atoms with E-state index in [-0.39, 0.29) is 10.8 Å². The number of nitrogens with zero attached hydrogens (tertiary/aromatic N) is 1. The first-order chi connectivity index (χ1) is 11.9. The van der Waals surface area contributed by atoms with Crippen molar-refractivity contribution in [2.75, 3.05) is 16.2 Å². The van der Waals surface area contributed by atoms with Crippen molar-refractivity contribution in [3.63, 3.8) is 0 Å². The van der Waals surface area contributed by atoms with Gasteiger partial charge in [0.15, 0.2) is 0 Å². The van der Waals surface area contributed by atoms with Crippen LogP contribution >= 0.6 is 0 Å². The molecule has 132 valence electrons. The molecule has 1 N–H and O–H groups in total. The van der Waals surface area contributed by atoms with Crippen molar-refractivity contribution in [2.24, 2.45) is 0 Å². The third kappa shape index (κ3) is 3.69. The molecule has 0 bridgehead atoms. The number of hydrogen-bond acceptors (Lipinski definition) is 3. The van der Waals surface area contributed by atoms with Gasteiger partial charge in [0.1, 0.15) is 0 Å². The highest BCUT2D eigenvalue weighted by molar-refractivity contribution is 7.92. The standard InChI is InChI=1S/C19H22N2O3S/c1-3-12-21-18-10-7-16(13-15(18)6-11-19(21)22)20-25(23,24)17-8-4-14(2)5-9-17/h4-5,7-10,13,20H,3,6,11-12H2,1-2H3. The van der Waals surface area contributed by atoms with E-state index in [4.69, 9.17) is 0 Å². The highest BCUT2D eigenvalue weighted by Crippen LogP contribution is 2.31. The molecule has 6 heteroatoms. The van der Waals surface area contributed by atoms with Crippen LogP contribution in [0.15, 0.2) is 47.4 Å². The summed E-state index contributed by atoms with van der Waals surface area (Å²) in [7, 11) is -3.62. The summed E-state index contributed by atoms with van der Waals surface area (Å²) in [6.07, 6.45) is 1.97. The maximum Gasteiger partial charge on any atom is 0.261 e. The van der Waals surface area contributed by atoms with E-state index in [0.29, 0.717) is 25.1 Å². The molecule has 0 unspecified atom stereocenters. The topological polar surface area (TPSA) is 66.5 Å². The zero-order valence-electron chi connectivity index (χ0n) is 14.5. The Kier molecular flexibility index (Phi) is 4.81. The number of nitrogens with one attached hydrogen (secondary N) is 1. The number of aryl methyl sites for hydroxylation is 2. The Morgan fingerprint density at radius 3 is 2.48 bits per heavy atom. The van der Waals surface area contributed by atoms with Gasteiger partial charge in [-0.25, -0.2) is 8.42 Å². The first-order valence-corrected chi connectivity index (χ1v) is 9.92. The average Bonchev–Trinajstić information content (AvgIpc) is 2.57. The summed E-state index contributed by atoms with van der Waals surface area (Å²) < 4.78 is 27.7. The van der Waals surface area contributed by atoms with Gasteiger partial charge in [0.05, 0.1) is 4.90 Å². The minimum Gasteiger partial charge on any atom is -0.312 e. The van der Waals surface area contributed by atoms with Crippen molar-refractivity contribution in [3.8, 4) is 0 Å². The summed E-state index contributed by atoms with van der Waals surface area (Å²) in [5.41, 5.74) is 3.41. The second-order valence-corrected chi connectivity index (χ2v) is 7.99. The fourth-order valence-electron chi connectivity index (χ4n) is 3.02. The number of sulfonamides is 1. The number of rotatable bonds is 5. The van der Waals surface area contributed by atoms with Crippen LogP contribution in [-0.4, -0.2) is 20.9 Å². The van der Waals surface area contributed by atoms with Gasteiger partial charge in [-0.05, 0) is 55.7 Å². The third-order valence-corrected chi connectivity index (χ3v) is 5.71. The Hall–Kier alpha value is -2.34. The van der Waals surface area contributed by atoms with Gasteiger partial charge in [0.2, 0.25) is 5.91 Å². The number of carbonyl (C=O) groups excluding carboxylic acids is 1. The lowest BCUT2D eigenvalue weighted by Crippen LogP contribution is -2.35. The molecule has 1 amide bonds. The van der Waals surface area contributed by atoms with Gasteiger partial charge in [0, 0.05) is 24.3 Å². The number of fused-ring (bicyclic) bond motifs is 1. The largest absolute Gasteiger partial charge is 0.312 e. The van der Waals surface area contributed by atoms with E-state index in [1.807, 2.05) is 26.0 Å². The molecule has 5 nitrogen and oxygen atoms in total. The molecule has 0 spiro atoms. The molecular weight excluding hydrogens is 336 g/mol. The Balaban J connectivity index is 1.87. The maximum absolute atomic E-state index is 12.5. The summed E-state index contributed by atoms with van der Waals surface area (Å²) in [6, 6.07) is 12.1. The zero-order valence-corrected chi connectivity index (χ0v) is 15.3.